The Labute approximate surface area is 107 Å². The monoisotopic (exact) mass is 255 g/mol. The summed E-state index contributed by atoms with van der Waals surface area (Å²) in [4.78, 5) is 14.2. The minimum absolute atomic E-state index is 0.0779. The number of alkyl halides is 1. The summed E-state index contributed by atoms with van der Waals surface area (Å²) in [5.74, 6) is 2.64. The van der Waals surface area contributed by atoms with Gasteiger partial charge in [-0.15, -0.1) is 11.6 Å². The van der Waals surface area contributed by atoms with E-state index in [1.807, 2.05) is 24.8 Å². The van der Waals surface area contributed by atoms with Crippen molar-refractivity contribution in [1.29, 1.82) is 0 Å². The van der Waals surface area contributed by atoms with E-state index in [9.17, 15) is 4.79 Å². The Hall–Kier alpha value is -0.960. The van der Waals surface area contributed by atoms with E-state index >= 15 is 0 Å². The molecule has 1 atom stereocenters. The van der Waals surface area contributed by atoms with Crippen LogP contribution < -0.4 is 0 Å². The Morgan fingerprint density at radius 2 is 2.35 bits per heavy atom. The van der Waals surface area contributed by atoms with Crippen LogP contribution in [-0.4, -0.2) is 29.8 Å². The summed E-state index contributed by atoms with van der Waals surface area (Å²) in [7, 11) is 0. The number of likely N-dealkylation sites (tertiary alicyclic amines) is 1. The highest BCUT2D eigenvalue weighted by Gasteiger charge is 2.26. The smallest absolute Gasteiger partial charge is 0.257 e. The molecule has 3 nitrogen and oxygen atoms in total. The summed E-state index contributed by atoms with van der Waals surface area (Å²) in [6.45, 7) is 5.30. The second-order valence-electron chi connectivity index (χ2n) is 4.74. The van der Waals surface area contributed by atoms with Crippen molar-refractivity contribution < 1.29 is 9.21 Å². The molecule has 1 fully saturated rings. The van der Waals surface area contributed by atoms with Gasteiger partial charge < -0.3 is 9.32 Å². The lowest BCUT2D eigenvalue weighted by molar-refractivity contribution is 0.0683. The molecule has 1 unspecified atom stereocenters. The Bertz CT molecular complexity index is 414. The van der Waals surface area contributed by atoms with Crippen LogP contribution in [0.3, 0.4) is 0 Å². The Morgan fingerprint density at radius 1 is 1.59 bits per heavy atom. The van der Waals surface area contributed by atoms with Crippen LogP contribution >= 0.6 is 11.6 Å². The number of nitrogens with zero attached hydrogens (tertiary/aromatic N) is 1. The van der Waals surface area contributed by atoms with Gasteiger partial charge in [-0.3, -0.25) is 4.79 Å². The van der Waals surface area contributed by atoms with Gasteiger partial charge in [0, 0.05) is 19.0 Å². The van der Waals surface area contributed by atoms with Crippen molar-refractivity contribution in [3.63, 3.8) is 0 Å². The van der Waals surface area contributed by atoms with E-state index in [-0.39, 0.29) is 5.91 Å². The summed E-state index contributed by atoms with van der Waals surface area (Å²) in [5.41, 5.74) is 0.692. The average Bonchev–Trinajstić information content (AvgIpc) is 2.67. The molecule has 1 aliphatic heterocycles. The van der Waals surface area contributed by atoms with Gasteiger partial charge in [0.25, 0.3) is 5.91 Å². The van der Waals surface area contributed by atoms with E-state index in [0.29, 0.717) is 23.1 Å². The van der Waals surface area contributed by atoms with E-state index in [4.69, 9.17) is 16.0 Å². The number of rotatable bonds is 2. The number of carbonyl (C=O) groups is 1. The zero-order chi connectivity index (χ0) is 12.4. The lowest BCUT2D eigenvalue weighted by atomic mass is 9.99. The SMILES string of the molecule is Cc1cc(C(=O)N2CCCC(CCl)C2)c(C)o1. The van der Waals surface area contributed by atoms with Crippen molar-refractivity contribution in [2.24, 2.45) is 5.92 Å². The van der Waals surface area contributed by atoms with Gasteiger partial charge in [-0.25, -0.2) is 0 Å². The molecule has 2 heterocycles. The highest BCUT2D eigenvalue weighted by atomic mass is 35.5. The molecule has 4 heteroatoms. The molecule has 1 aromatic rings. The van der Waals surface area contributed by atoms with Crippen LogP contribution in [0, 0.1) is 19.8 Å². The maximum Gasteiger partial charge on any atom is 0.257 e. The Morgan fingerprint density at radius 3 is 2.94 bits per heavy atom. The van der Waals surface area contributed by atoms with Crippen LogP contribution in [0.15, 0.2) is 10.5 Å². The highest BCUT2D eigenvalue weighted by molar-refractivity contribution is 6.18. The first-order valence-electron chi connectivity index (χ1n) is 6.04. The molecular formula is C13H18ClNO2. The number of carbonyl (C=O) groups excluding carboxylic acids is 1. The molecule has 1 saturated heterocycles. The number of halogens is 1. The van der Waals surface area contributed by atoms with Crippen LogP contribution in [0.2, 0.25) is 0 Å². The molecule has 1 aliphatic rings. The van der Waals surface area contributed by atoms with Crippen molar-refractivity contribution in [2.75, 3.05) is 19.0 Å². The summed E-state index contributed by atoms with van der Waals surface area (Å²) in [5, 5.41) is 0. The second kappa shape index (κ2) is 5.13. The average molecular weight is 256 g/mol. The van der Waals surface area contributed by atoms with Gasteiger partial charge >= 0.3 is 0 Å². The van der Waals surface area contributed by atoms with Gasteiger partial charge in [0.1, 0.15) is 11.5 Å². The molecule has 0 aromatic carbocycles. The molecule has 0 bridgehead atoms. The second-order valence-corrected chi connectivity index (χ2v) is 5.05. The predicted octanol–water partition coefficient (Wildman–Crippen LogP) is 2.99. The van der Waals surface area contributed by atoms with E-state index in [1.165, 1.54) is 0 Å². The molecule has 1 amide bonds. The topological polar surface area (TPSA) is 33.5 Å². The third kappa shape index (κ3) is 2.65. The van der Waals surface area contributed by atoms with Gasteiger partial charge in [0.15, 0.2) is 0 Å². The molecule has 94 valence electrons. The van der Waals surface area contributed by atoms with E-state index in [2.05, 4.69) is 0 Å². The first-order valence-corrected chi connectivity index (χ1v) is 6.57. The fourth-order valence-electron chi connectivity index (χ4n) is 2.39. The first kappa shape index (κ1) is 12.5. The summed E-state index contributed by atoms with van der Waals surface area (Å²) >= 11 is 5.88. The Balaban J connectivity index is 2.12. The molecule has 0 N–H and O–H groups in total. The minimum Gasteiger partial charge on any atom is -0.466 e. The van der Waals surface area contributed by atoms with Crippen LogP contribution in [0.4, 0.5) is 0 Å². The third-order valence-electron chi connectivity index (χ3n) is 3.30. The number of furan rings is 1. The zero-order valence-electron chi connectivity index (χ0n) is 10.3. The minimum atomic E-state index is 0.0779. The lowest BCUT2D eigenvalue weighted by Gasteiger charge is -2.31. The molecule has 1 aromatic heterocycles. The molecule has 17 heavy (non-hydrogen) atoms. The summed E-state index contributed by atoms with van der Waals surface area (Å²) in [6, 6.07) is 1.82. The third-order valence-corrected chi connectivity index (χ3v) is 3.73. The Kier molecular flexibility index (Phi) is 3.77. The van der Waals surface area contributed by atoms with E-state index < -0.39 is 0 Å². The summed E-state index contributed by atoms with van der Waals surface area (Å²) in [6.07, 6.45) is 2.16. The largest absolute Gasteiger partial charge is 0.466 e. The first-order chi connectivity index (χ1) is 8.11. The number of amides is 1. The van der Waals surface area contributed by atoms with Gasteiger partial charge in [0.05, 0.1) is 5.56 Å². The fourth-order valence-corrected chi connectivity index (χ4v) is 2.64. The number of hydrogen-bond acceptors (Lipinski definition) is 2. The standard InChI is InChI=1S/C13H18ClNO2/c1-9-6-12(10(2)17-9)13(16)15-5-3-4-11(7-14)8-15/h6,11H,3-5,7-8H2,1-2H3. The zero-order valence-corrected chi connectivity index (χ0v) is 11.1. The number of piperidine rings is 1. The maximum absolute atomic E-state index is 12.3. The molecule has 0 saturated carbocycles. The van der Waals surface area contributed by atoms with Gasteiger partial charge in [-0.05, 0) is 38.7 Å². The number of hydrogen-bond donors (Lipinski definition) is 0. The van der Waals surface area contributed by atoms with E-state index in [0.717, 1.165) is 31.7 Å². The van der Waals surface area contributed by atoms with Crippen molar-refractivity contribution in [3.05, 3.63) is 23.2 Å². The predicted molar refractivity (Wildman–Crippen MR) is 67.5 cm³/mol. The lowest BCUT2D eigenvalue weighted by Crippen LogP contribution is -2.40. The maximum atomic E-state index is 12.3. The van der Waals surface area contributed by atoms with Crippen LogP contribution in [-0.2, 0) is 0 Å². The van der Waals surface area contributed by atoms with Crippen molar-refractivity contribution in [1.82, 2.24) is 4.90 Å². The van der Waals surface area contributed by atoms with Crippen molar-refractivity contribution in [3.8, 4) is 0 Å². The highest BCUT2D eigenvalue weighted by Crippen LogP contribution is 2.22. The molecule has 0 spiro atoms. The van der Waals surface area contributed by atoms with E-state index in [1.54, 1.807) is 0 Å². The van der Waals surface area contributed by atoms with Crippen molar-refractivity contribution in [2.45, 2.75) is 26.7 Å². The van der Waals surface area contributed by atoms with Gasteiger partial charge in [-0.1, -0.05) is 0 Å². The molecule has 2 rings (SSSR count). The number of aryl methyl sites for hydroxylation is 2. The van der Waals surface area contributed by atoms with Crippen LogP contribution in [0.1, 0.15) is 34.7 Å². The van der Waals surface area contributed by atoms with Crippen molar-refractivity contribution >= 4 is 17.5 Å². The quantitative estimate of drug-likeness (QED) is 0.762. The molecular weight excluding hydrogens is 238 g/mol. The molecule has 0 radical (unpaired) electrons. The molecule has 0 aliphatic carbocycles. The van der Waals surface area contributed by atoms with Crippen LogP contribution in [0.25, 0.3) is 0 Å². The van der Waals surface area contributed by atoms with Gasteiger partial charge in [0.2, 0.25) is 0 Å². The van der Waals surface area contributed by atoms with Gasteiger partial charge in [-0.2, -0.15) is 0 Å². The van der Waals surface area contributed by atoms with Crippen LogP contribution in [0.5, 0.6) is 0 Å². The normalized spacial score (nSPS) is 20.6. The fraction of sp³-hybridized carbons (Fsp3) is 0.615. The summed E-state index contributed by atoms with van der Waals surface area (Å²) < 4.78 is 5.41.